The summed E-state index contributed by atoms with van der Waals surface area (Å²) < 4.78 is 20.8. The van der Waals surface area contributed by atoms with Crippen LogP contribution < -0.4 is 0 Å². The van der Waals surface area contributed by atoms with Crippen LogP contribution in [-0.2, 0) is 13.3 Å². The number of hydrogen-bond acceptors (Lipinski definition) is 4. The maximum atomic E-state index is 11.4. The highest BCUT2D eigenvalue weighted by atomic mass is 28.4. The van der Waals surface area contributed by atoms with Gasteiger partial charge < -0.3 is 18.4 Å². The molecule has 0 heterocycles. The first kappa shape index (κ1) is 29.5. The summed E-state index contributed by atoms with van der Waals surface area (Å²) in [6, 6.07) is 0. The fraction of sp³-hybridized carbons (Fsp3) is 1.00. The fourth-order valence-electron chi connectivity index (χ4n) is 3.17. The van der Waals surface area contributed by atoms with Gasteiger partial charge in [-0.1, -0.05) is 69.2 Å². The third kappa shape index (κ3) is 6.34. The Bertz CT molecular complexity index is 572. The molecule has 5 atom stereocenters. The molecule has 1 saturated carbocycles. The molecule has 1 aliphatic rings. The van der Waals surface area contributed by atoms with Gasteiger partial charge in [0.15, 0.2) is 25.0 Å². The number of aliphatic hydroxyl groups excluding tert-OH is 1. The summed E-state index contributed by atoms with van der Waals surface area (Å²) in [7, 11) is -6.24. The zero-order valence-corrected chi connectivity index (χ0v) is 26.6. The second-order valence-electron chi connectivity index (χ2n) is 14.4. The van der Waals surface area contributed by atoms with Crippen LogP contribution in [0.4, 0.5) is 0 Å². The Morgan fingerprint density at radius 2 is 0.774 bits per heavy atom. The van der Waals surface area contributed by atoms with Gasteiger partial charge >= 0.3 is 0 Å². The quantitative estimate of drug-likeness (QED) is 0.401. The monoisotopic (exact) mass is 490 g/mol. The first-order chi connectivity index (χ1) is 13.4. The van der Waals surface area contributed by atoms with E-state index < -0.39 is 31.1 Å². The van der Waals surface area contributed by atoms with Crippen molar-refractivity contribution in [3.63, 3.8) is 0 Å². The van der Waals surface area contributed by atoms with Gasteiger partial charge in [-0.3, -0.25) is 0 Å². The molecule has 31 heavy (non-hydrogen) atoms. The van der Waals surface area contributed by atoms with Gasteiger partial charge in [-0.15, -0.1) is 0 Å². The second kappa shape index (κ2) is 8.93. The van der Waals surface area contributed by atoms with Crippen molar-refractivity contribution in [3.05, 3.63) is 0 Å². The van der Waals surface area contributed by atoms with Gasteiger partial charge in [0, 0.05) is 5.92 Å². The highest BCUT2D eigenvalue weighted by molar-refractivity contribution is 6.75. The predicted octanol–water partition coefficient (Wildman–Crippen LogP) is 7.17. The van der Waals surface area contributed by atoms with Crippen LogP contribution in [0.25, 0.3) is 0 Å². The molecule has 0 amide bonds. The van der Waals surface area contributed by atoms with Crippen LogP contribution in [-0.4, -0.2) is 54.5 Å². The van der Waals surface area contributed by atoms with E-state index in [4.69, 9.17) is 13.3 Å². The Hall–Kier alpha value is 0.491. The highest BCUT2D eigenvalue weighted by Gasteiger charge is 2.57. The number of aliphatic hydroxyl groups is 1. The van der Waals surface area contributed by atoms with E-state index in [2.05, 4.69) is 109 Å². The average molecular weight is 491 g/mol. The van der Waals surface area contributed by atoms with Crippen molar-refractivity contribution in [1.82, 2.24) is 0 Å². The van der Waals surface area contributed by atoms with Crippen molar-refractivity contribution in [1.29, 1.82) is 0 Å². The Balaban J connectivity index is 3.45. The molecular weight excluding hydrogens is 437 g/mol. The lowest BCUT2D eigenvalue weighted by Gasteiger charge is -2.46. The largest absolute Gasteiger partial charge is 0.411 e. The van der Waals surface area contributed by atoms with Gasteiger partial charge in [-0.05, 0) is 54.4 Å². The molecule has 0 radical (unpaired) electrons. The van der Waals surface area contributed by atoms with E-state index in [-0.39, 0.29) is 39.3 Å². The van der Waals surface area contributed by atoms with Gasteiger partial charge in [0.05, 0.1) is 24.4 Å². The maximum Gasteiger partial charge on any atom is 0.192 e. The van der Waals surface area contributed by atoms with Crippen LogP contribution in [0.2, 0.25) is 54.4 Å². The van der Waals surface area contributed by atoms with Crippen LogP contribution in [0.15, 0.2) is 0 Å². The van der Waals surface area contributed by atoms with Gasteiger partial charge in [-0.25, -0.2) is 0 Å². The molecule has 1 N–H and O–H groups in total. The van der Waals surface area contributed by atoms with E-state index in [1.807, 2.05) is 0 Å². The molecule has 0 aromatic heterocycles. The highest BCUT2D eigenvalue weighted by Crippen LogP contribution is 2.47. The zero-order valence-electron chi connectivity index (χ0n) is 23.6. The predicted molar refractivity (Wildman–Crippen MR) is 141 cm³/mol. The lowest BCUT2D eigenvalue weighted by atomic mass is 10.1. The smallest absolute Gasteiger partial charge is 0.192 e. The third-order valence-electron chi connectivity index (χ3n) is 8.75. The Morgan fingerprint density at radius 3 is 1.06 bits per heavy atom. The second-order valence-corrected chi connectivity index (χ2v) is 28.6. The molecule has 0 saturated heterocycles. The molecule has 1 aliphatic carbocycles. The lowest BCUT2D eigenvalue weighted by Crippen LogP contribution is -2.56. The summed E-state index contributed by atoms with van der Waals surface area (Å²) in [5.74, 6) is -0.0290. The summed E-state index contributed by atoms with van der Waals surface area (Å²) in [5, 5.41) is 11.6. The fourth-order valence-corrected chi connectivity index (χ4v) is 7.16. The molecule has 1 fully saturated rings. The SMILES string of the molecule is C[C@@H]1[C@@H](O)[C@H](O[Si](C)(C)C(C)(C)C)[C@@H](O[Si](C)(C)C(C)(C)C)[C@H]1O[Si](C)(C)C(C)(C)C. The van der Waals surface area contributed by atoms with Gasteiger partial charge in [0.1, 0.15) is 0 Å². The average Bonchev–Trinajstić information content (AvgIpc) is 2.69. The molecular formula is C24H54O4Si3. The van der Waals surface area contributed by atoms with Crippen LogP contribution in [0, 0.1) is 5.92 Å². The minimum absolute atomic E-state index is 0.0290. The molecule has 4 nitrogen and oxygen atoms in total. The van der Waals surface area contributed by atoms with E-state index in [9.17, 15) is 5.11 Å². The molecule has 0 spiro atoms. The Kier molecular flexibility index (Phi) is 8.51. The van der Waals surface area contributed by atoms with Crippen molar-refractivity contribution in [2.75, 3.05) is 0 Å². The third-order valence-corrected chi connectivity index (χ3v) is 22.2. The van der Waals surface area contributed by atoms with Crippen molar-refractivity contribution in [3.8, 4) is 0 Å². The summed E-state index contributed by atoms with van der Waals surface area (Å²) in [6.07, 6.45) is -1.33. The first-order valence-corrected chi connectivity index (χ1v) is 20.8. The number of hydrogen-bond donors (Lipinski definition) is 1. The molecule has 1 rings (SSSR count). The van der Waals surface area contributed by atoms with E-state index >= 15 is 0 Å². The molecule has 0 bridgehead atoms. The van der Waals surface area contributed by atoms with Crippen molar-refractivity contribution >= 4 is 25.0 Å². The summed E-state index contributed by atoms with van der Waals surface area (Å²) in [6.45, 7) is 36.1. The minimum Gasteiger partial charge on any atom is -0.411 e. The van der Waals surface area contributed by atoms with Gasteiger partial charge in [0.25, 0.3) is 0 Å². The Labute approximate surface area is 197 Å². The van der Waals surface area contributed by atoms with E-state index in [1.165, 1.54) is 0 Å². The number of rotatable bonds is 6. The van der Waals surface area contributed by atoms with Crippen LogP contribution >= 0.6 is 0 Å². The topological polar surface area (TPSA) is 47.9 Å². The molecule has 0 aromatic carbocycles. The van der Waals surface area contributed by atoms with Crippen molar-refractivity contribution < 1.29 is 18.4 Å². The Morgan fingerprint density at radius 1 is 0.516 bits per heavy atom. The standard InChI is InChI=1S/C24H54O4Si3/c1-17-18(25)20(27-30(13,14)23(5,6)7)21(28-31(15,16)24(8,9)10)19(17)26-29(11,12)22(2,3)4/h17-21,25H,1-16H3/t17-,18-,19+,20+,21+/m1/s1. The lowest BCUT2D eigenvalue weighted by molar-refractivity contribution is -0.0250. The molecule has 0 aromatic rings. The summed E-state index contributed by atoms with van der Waals surface area (Å²) >= 11 is 0. The summed E-state index contributed by atoms with van der Waals surface area (Å²) in [4.78, 5) is 0. The normalized spacial score (nSPS) is 29.5. The molecule has 7 heteroatoms. The van der Waals surface area contributed by atoms with Crippen LogP contribution in [0.3, 0.4) is 0 Å². The van der Waals surface area contributed by atoms with E-state index in [1.54, 1.807) is 0 Å². The first-order valence-electron chi connectivity index (χ1n) is 12.1. The van der Waals surface area contributed by atoms with Crippen LogP contribution in [0.1, 0.15) is 69.2 Å². The van der Waals surface area contributed by atoms with Gasteiger partial charge in [-0.2, -0.15) is 0 Å². The summed E-state index contributed by atoms with van der Waals surface area (Å²) in [5.41, 5.74) is 0. The molecule has 186 valence electrons. The van der Waals surface area contributed by atoms with Crippen molar-refractivity contribution in [2.24, 2.45) is 5.92 Å². The van der Waals surface area contributed by atoms with E-state index in [0.29, 0.717) is 0 Å². The van der Waals surface area contributed by atoms with E-state index in [0.717, 1.165) is 0 Å². The zero-order chi connectivity index (χ0) is 25.0. The minimum atomic E-state index is -2.10. The van der Waals surface area contributed by atoms with Gasteiger partial charge in [0.2, 0.25) is 0 Å². The van der Waals surface area contributed by atoms with Crippen molar-refractivity contribution in [2.45, 2.75) is 148 Å². The van der Waals surface area contributed by atoms with Crippen LogP contribution in [0.5, 0.6) is 0 Å². The maximum absolute atomic E-state index is 11.4. The molecule has 0 unspecified atom stereocenters. The molecule has 0 aliphatic heterocycles.